The summed E-state index contributed by atoms with van der Waals surface area (Å²) in [5.41, 5.74) is -0.538. The van der Waals surface area contributed by atoms with Crippen LogP contribution >= 0.6 is 11.6 Å². The van der Waals surface area contributed by atoms with Crippen LogP contribution < -0.4 is 4.74 Å². The molecule has 4 nitrogen and oxygen atoms in total. The smallest absolute Gasteiger partial charge is 0.328 e. The summed E-state index contributed by atoms with van der Waals surface area (Å²) >= 11 is 5.90. The Morgan fingerprint density at radius 3 is 2.26 bits per heavy atom. The van der Waals surface area contributed by atoms with Crippen molar-refractivity contribution in [3.05, 3.63) is 28.8 Å². The van der Waals surface area contributed by atoms with Crippen LogP contribution in [-0.2, 0) is 14.3 Å². The second-order valence-electron chi connectivity index (χ2n) is 6.08. The summed E-state index contributed by atoms with van der Waals surface area (Å²) in [5, 5.41) is 0.566. The van der Waals surface area contributed by atoms with Crippen LogP contribution in [0.5, 0.6) is 5.75 Å². The minimum atomic E-state index is -1.28. The molecule has 0 spiro atoms. The molecule has 0 saturated carbocycles. The molecule has 0 atom stereocenters. The van der Waals surface area contributed by atoms with Crippen LogP contribution in [0.1, 0.15) is 46.1 Å². The molecule has 0 aliphatic heterocycles. The first-order valence-corrected chi connectivity index (χ1v) is 8.30. The van der Waals surface area contributed by atoms with Crippen LogP contribution in [0, 0.1) is 18.3 Å². The minimum absolute atomic E-state index is 0.208. The van der Waals surface area contributed by atoms with Gasteiger partial charge in [0.05, 0.1) is 6.61 Å². The molecule has 0 amide bonds. The van der Waals surface area contributed by atoms with E-state index in [1.807, 2.05) is 13.8 Å². The van der Waals surface area contributed by atoms with E-state index < -0.39 is 17.4 Å². The average molecular weight is 341 g/mol. The fourth-order valence-electron chi connectivity index (χ4n) is 2.22. The van der Waals surface area contributed by atoms with Crippen LogP contribution in [0.4, 0.5) is 0 Å². The summed E-state index contributed by atoms with van der Waals surface area (Å²) in [6.07, 6.45) is 0.651. The molecule has 23 heavy (non-hydrogen) atoms. The van der Waals surface area contributed by atoms with Gasteiger partial charge in [-0.25, -0.2) is 0 Å². The summed E-state index contributed by atoms with van der Waals surface area (Å²) < 4.78 is 10.8. The van der Waals surface area contributed by atoms with Gasteiger partial charge in [-0.1, -0.05) is 39.3 Å². The topological polar surface area (TPSA) is 52.6 Å². The molecule has 0 saturated heterocycles. The molecule has 0 unspecified atom stereocenters. The number of carbonyl (C=O) groups excluding carboxylic acids is 2. The van der Waals surface area contributed by atoms with E-state index in [0.29, 0.717) is 23.6 Å². The summed E-state index contributed by atoms with van der Waals surface area (Å²) in [6.45, 7) is 9.55. The molecule has 5 heteroatoms. The van der Waals surface area contributed by atoms with E-state index in [4.69, 9.17) is 21.1 Å². The number of aryl methyl sites for hydroxylation is 1. The van der Waals surface area contributed by atoms with Crippen molar-refractivity contribution in [3.63, 3.8) is 0 Å². The Kier molecular flexibility index (Phi) is 7.07. The van der Waals surface area contributed by atoms with Crippen LogP contribution in [0.2, 0.25) is 5.02 Å². The Balaban J connectivity index is 2.99. The minimum Gasteiger partial charge on any atom is -0.465 e. The summed E-state index contributed by atoms with van der Waals surface area (Å²) in [6, 6.07) is 4.99. The van der Waals surface area contributed by atoms with Crippen molar-refractivity contribution < 1.29 is 19.1 Å². The van der Waals surface area contributed by atoms with Crippen molar-refractivity contribution in [1.82, 2.24) is 0 Å². The van der Waals surface area contributed by atoms with E-state index in [-0.39, 0.29) is 12.5 Å². The molecule has 1 aromatic rings. The Bertz CT molecular complexity index is 562. The van der Waals surface area contributed by atoms with E-state index in [9.17, 15) is 9.59 Å². The maximum Gasteiger partial charge on any atom is 0.328 e. The summed E-state index contributed by atoms with van der Waals surface area (Å²) in [4.78, 5) is 25.1. The van der Waals surface area contributed by atoms with Crippen molar-refractivity contribution in [1.29, 1.82) is 0 Å². The lowest BCUT2D eigenvalue weighted by atomic mass is 9.82. The Morgan fingerprint density at radius 1 is 1.17 bits per heavy atom. The van der Waals surface area contributed by atoms with Gasteiger partial charge >= 0.3 is 11.9 Å². The first kappa shape index (κ1) is 19.5. The maximum atomic E-state index is 12.7. The molecule has 0 radical (unpaired) electrons. The van der Waals surface area contributed by atoms with Gasteiger partial charge in [0.1, 0.15) is 5.75 Å². The van der Waals surface area contributed by atoms with Crippen molar-refractivity contribution in [2.75, 3.05) is 6.61 Å². The second-order valence-corrected chi connectivity index (χ2v) is 6.52. The van der Waals surface area contributed by atoms with Gasteiger partial charge in [-0.2, -0.15) is 0 Å². The highest BCUT2D eigenvalue weighted by Gasteiger charge is 2.46. The molecule has 0 aliphatic carbocycles. The van der Waals surface area contributed by atoms with Crippen molar-refractivity contribution in [2.45, 2.75) is 47.5 Å². The first-order valence-electron chi connectivity index (χ1n) is 7.92. The van der Waals surface area contributed by atoms with E-state index in [0.717, 1.165) is 5.56 Å². The summed E-state index contributed by atoms with van der Waals surface area (Å²) in [7, 11) is 0. The predicted octanol–water partition coefficient (Wildman–Crippen LogP) is 4.56. The highest BCUT2D eigenvalue weighted by Crippen LogP contribution is 2.32. The lowest BCUT2D eigenvalue weighted by molar-refractivity contribution is -0.168. The van der Waals surface area contributed by atoms with E-state index in [1.165, 1.54) is 0 Å². The number of carbonyl (C=O) groups is 2. The molecule has 0 heterocycles. The third kappa shape index (κ3) is 4.71. The van der Waals surface area contributed by atoms with E-state index >= 15 is 0 Å². The molecule has 0 aliphatic rings. The number of hydrogen-bond acceptors (Lipinski definition) is 4. The quantitative estimate of drug-likeness (QED) is 0.415. The number of ether oxygens (including phenoxy) is 2. The number of hydrogen-bond donors (Lipinski definition) is 0. The molecular formula is C18H25ClO4. The average Bonchev–Trinajstić information content (AvgIpc) is 2.49. The largest absolute Gasteiger partial charge is 0.465 e. The van der Waals surface area contributed by atoms with Crippen LogP contribution in [0.25, 0.3) is 0 Å². The third-order valence-corrected chi connectivity index (χ3v) is 4.11. The van der Waals surface area contributed by atoms with Gasteiger partial charge in [0.25, 0.3) is 0 Å². The molecule has 1 rings (SSSR count). The Labute approximate surface area is 143 Å². The van der Waals surface area contributed by atoms with E-state index in [2.05, 4.69) is 0 Å². The SMILES string of the molecule is CCC(CC)(C(=O)OCC(C)C)C(=O)Oc1ccc(Cl)cc1C. The number of rotatable bonds is 7. The monoisotopic (exact) mass is 340 g/mol. The van der Waals surface area contributed by atoms with Crippen molar-refractivity contribution in [2.24, 2.45) is 11.3 Å². The Hall–Kier alpha value is -1.55. The highest BCUT2D eigenvalue weighted by atomic mass is 35.5. The first-order chi connectivity index (χ1) is 10.8. The predicted molar refractivity (Wildman–Crippen MR) is 90.6 cm³/mol. The normalized spacial score (nSPS) is 11.4. The van der Waals surface area contributed by atoms with Crippen molar-refractivity contribution >= 4 is 23.5 Å². The molecule has 1 aromatic carbocycles. The van der Waals surface area contributed by atoms with Crippen molar-refractivity contribution in [3.8, 4) is 5.75 Å². The number of halogens is 1. The van der Waals surface area contributed by atoms with Gasteiger partial charge in [0.15, 0.2) is 5.41 Å². The second kappa shape index (κ2) is 8.34. The third-order valence-electron chi connectivity index (χ3n) is 3.88. The standard InChI is InChI=1S/C18H25ClO4/c1-6-18(7-2,16(20)22-11-12(3)4)17(21)23-15-9-8-14(19)10-13(15)5/h8-10,12H,6-7,11H2,1-5H3. The fourth-order valence-corrected chi connectivity index (χ4v) is 2.44. The molecular weight excluding hydrogens is 316 g/mol. The van der Waals surface area contributed by atoms with E-state index in [1.54, 1.807) is 39.0 Å². The van der Waals surface area contributed by atoms with Gasteiger partial charge in [0.2, 0.25) is 0 Å². The van der Waals surface area contributed by atoms with Crippen LogP contribution in [0.3, 0.4) is 0 Å². The zero-order chi connectivity index (χ0) is 17.6. The fraction of sp³-hybridized carbons (Fsp3) is 0.556. The molecule has 0 aromatic heterocycles. The maximum absolute atomic E-state index is 12.7. The zero-order valence-electron chi connectivity index (χ0n) is 14.4. The number of esters is 2. The lowest BCUT2D eigenvalue weighted by Gasteiger charge is -2.27. The molecule has 0 bridgehead atoms. The molecule has 0 N–H and O–H groups in total. The van der Waals surface area contributed by atoms with Gasteiger partial charge < -0.3 is 9.47 Å². The molecule has 128 valence electrons. The van der Waals surface area contributed by atoms with Gasteiger partial charge in [0, 0.05) is 5.02 Å². The lowest BCUT2D eigenvalue weighted by Crippen LogP contribution is -2.43. The zero-order valence-corrected chi connectivity index (χ0v) is 15.2. The number of benzene rings is 1. The van der Waals surface area contributed by atoms with Crippen LogP contribution in [-0.4, -0.2) is 18.5 Å². The summed E-state index contributed by atoms with van der Waals surface area (Å²) in [5.74, 6) is -0.489. The van der Waals surface area contributed by atoms with Crippen LogP contribution in [0.15, 0.2) is 18.2 Å². The molecule has 0 fully saturated rings. The van der Waals surface area contributed by atoms with Gasteiger partial charge in [-0.15, -0.1) is 0 Å². The van der Waals surface area contributed by atoms with Gasteiger partial charge in [-0.05, 0) is 49.4 Å². The van der Waals surface area contributed by atoms with Gasteiger partial charge in [-0.3, -0.25) is 9.59 Å². The highest BCUT2D eigenvalue weighted by molar-refractivity contribution is 6.30. The Morgan fingerprint density at radius 2 is 1.78 bits per heavy atom.